The molecule has 0 bridgehead atoms. The van der Waals surface area contributed by atoms with Crippen LogP contribution in [-0.4, -0.2) is 18.2 Å². The highest BCUT2D eigenvalue weighted by atomic mass is 16.5. The predicted octanol–water partition coefficient (Wildman–Crippen LogP) is 3.36. The van der Waals surface area contributed by atoms with E-state index in [9.17, 15) is 9.90 Å². The highest BCUT2D eigenvalue weighted by Gasteiger charge is 2.20. The zero-order valence-corrected chi connectivity index (χ0v) is 10.7. The van der Waals surface area contributed by atoms with E-state index in [2.05, 4.69) is 6.92 Å². The van der Waals surface area contributed by atoms with Crippen LogP contribution in [0, 0.1) is 6.92 Å². The summed E-state index contributed by atoms with van der Waals surface area (Å²) in [7, 11) is 1.61. The number of rotatable bonds is 6. The molecule has 17 heavy (non-hydrogen) atoms. The summed E-state index contributed by atoms with van der Waals surface area (Å²) in [5.74, 6) is -0.376. The maximum Gasteiger partial charge on any atom is 0.310 e. The van der Waals surface area contributed by atoms with Crippen molar-refractivity contribution in [3.63, 3.8) is 0 Å². The Morgan fingerprint density at radius 2 is 2.18 bits per heavy atom. The zero-order valence-electron chi connectivity index (χ0n) is 10.7. The maximum absolute atomic E-state index is 11.3. The molecular weight excluding hydrogens is 216 g/mol. The molecule has 0 saturated carbocycles. The van der Waals surface area contributed by atoms with Crippen LogP contribution in [-0.2, 0) is 4.79 Å². The number of hydrogen-bond donors (Lipinski definition) is 1. The van der Waals surface area contributed by atoms with Crippen molar-refractivity contribution in [1.29, 1.82) is 0 Å². The van der Waals surface area contributed by atoms with E-state index in [0.717, 1.165) is 29.7 Å². The Morgan fingerprint density at radius 3 is 2.65 bits per heavy atom. The zero-order chi connectivity index (χ0) is 12.8. The van der Waals surface area contributed by atoms with E-state index in [1.807, 2.05) is 25.1 Å². The average molecular weight is 236 g/mol. The molecule has 0 aliphatic carbocycles. The summed E-state index contributed by atoms with van der Waals surface area (Å²) >= 11 is 0. The second-order valence-electron chi connectivity index (χ2n) is 4.26. The van der Waals surface area contributed by atoms with Crippen molar-refractivity contribution >= 4 is 5.97 Å². The van der Waals surface area contributed by atoms with Crippen molar-refractivity contribution in [3.05, 3.63) is 29.3 Å². The molecule has 0 aromatic heterocycles. The fourth-order valence-electron chi connectivity index (χ4n) is 1.99. The minimum absolute atomic E-state index is 0.402. The van der Waals surface area contributed by atoms with Crippen LogP contribution in [0.1, 0.15) is 43.2 Å². The summed E-state index contributed by atoms with van der Waals surface area (Å²) < 4.78 is 5.12. The lowest BCUT2D eigenvalue weighted by Crippen LogP contribution is -2.13. The number of aryl methyl sites for hydroxylation is 1. The van der Waals surface area contributed by atoms with Gasteiger partial charge in [-0.3, -0.25) is 4.79 Å². The third kappa shape index (κ3) is 3.48. The van der Waals surface area contributed by atoms with Gasteiger partial charge in [0.25, 0.3) is 0 Å². The quantitative estimate of drug-likeness (QED) is 0.823. The minimum Gasteiger partial charge on any atom is -0.497 e. The van der Waals surface area contributed by atoms with Crippen LogP contribution >= 0.6 is 0 Å². The third-order valence-electron chi connectivity index (χ3n) is 3.00. The second kappa shape index (κ2) is 6.28. The van der Waals surface area contributed by atoms with Crippen LogP contribution in [0.2, 0.25) is 0 Å². The lowest BCUT2D eigenvalue weighted by molar-refractivity contribution is -0.139. The SMILES string of the molecule is CCCCC(C(=O)O)c1ccc(OC)cc1C. The van der Waals surface area contributed by atoms with Crippen LogP contribution in [0.25, 0.3) is 0 Å². The number of carboxylic acids is 1. The fraction of sp³-hybridized carbons (Fsp3) is 0.500. The maximum atomic E-state index is 11.3. The van der Waals surface area contributed by atoms with Crippen molar-refractivity contribution in [1.82, 2.24) is 0 Å². The van der Waals surface area contributed by atoms with Crippen LogP contribution in [0.15, 0.2) is 18.2 Å². The molecule has 1 rings (SSSR count). The van der Waals surface area contributed by atoms with Crippen LogP contribution in [0.4, 0.5) is 0 Å². The predicted molar refractivity (Wildman–Crippen MR) is 67.6 cm³/mol. The first-order chi connectivity index (χ1) is 8.10. The molecule has 94 valence electrons. The van der Waals surface area contributed by atoms with E-state index in [0.29, 0.717) is 6.42 Å². The van der Waals surface area contributed by atoms with Crippen LogP contribution in [0.5, 0.6) is 5.75 Å². The van der Waals surface area contributed by atoms with Gasteiger partial charge in [0.2, 0.25) is 0 Å². The van der Waals surface area contributed by atoms with Gasteiger partial charge in [-0.25, -0.2) is 0 Å². The first-order valence-corrected chi connectivity index (χ1v) is 5.97. The number of ether oxygens (including phenoxy) is 1. The van der Waals surface area contributed by atoms with Crippen molar-refractivity contribution in [2.24, 2.45) is 0 Å². The normalized spacial score (nSPS) is 12.2. The summed E-state index contributed by atoms with van der Waals surface area (Å²) in [6, 6.07) is 5.57. The molecule has 3 heteroatoms. The number of aliphatic carboxylic acids is 1. The molecule has 0 saturated heterocycles. The van der Waals surface area contributed by atoms with Gasteiger partial charge in [0.1, 0.15) is 5.75 Å². The van der Waals surface area contributed by atoms with E-state index < -0.39 is 11.9 Å². The van der Waals surface area contributed by atoms with Gasteiger partial charge >= 0.3 is 5.97 Å². The van der Waals surface area contributed by atoms with Crippen molar-refractivity contribution < 1.29 is 14.6 Å². The summed E-state index contributed by atoms with van der Waals surface area (Å²) in [6.45, 7) is 4.00. The fourth-order valence-corrected chi connectivity index (χ4v) is 1.99. The number of benzene rings is 1. The van der Waals surface area contributed by atoms with Gasteiger partial charge in [-0.15, -0.1) is 0 Å². The highest BCUT2D eigenvalue weighted by molar-refractivity contribution is 5.76. The molecule has 1 atom stereocenters. The molecule has 0 amide bonds. The number of carbonyl (C=O) groups is 1. The average Bonchev–Trinajstić information content (AvgIpc) is 2.30. The van der Waals surface area contributed by atoms with Gasteiger partial charge in [0.05, 0.1) is 13.0 Å². The highest BCUT2D eigenvalue weighted by Crippen LogP contribution is 2.28. The summed E-state index contributed by atoms with van der Waals surface area (Å²) in [5, 5.41) is 9.27. The summed E-state index contributed by atoms with van der Waals surface area (Å²) in [5.41, 5.74) is 1.87. The molecule has 0 heterocycles. The van der Waals surface area contributed by atoms with E-state index >= 15 is 0 Å². The van der Waals surface area contributed by atoms with Crippen LogP contribution in [0.3, 0.4) is 0 Å². The first-order valence-electron chi connectivity index (χ1n) is 5.97. The molecule has 1 N–H and O–H groups in total. The molecule has 1 aromatic carbocycles. The van der Waals surface area contributed by atoms with Crippen molar-refractivity contribution in [3.8, 4) is 5.75 Å². The van der Waals surface area contributed by atoms with Gasteiger partial charge < -0.3 is 9.84 Å². The molecule has 0 radical (unpaired) electrons. The van der Waals surface area contributed by atoms with E-state index in [4.69, 9.17) is 4.74 Å². The third-order valence-corrected chi connectivity index (χ3v) is 3.00. The molecule has 1 aromatic rings. The Hall–Kier alpha value is -1.51. The minimum atomic E-state index is -0.744. The van der Waals surface area contributed by atoms with E-state index in [-0.39, 0.29) is 0 Å². The van der Waals surface area contributed by atoms with Crippen molar-refractivity contribution in [2.45, 2.75) is 39.0 Å². The molecule has 3 nitrogen and oxygen atoms in total. The molecule has 0 fully saturated rings. The Labute approximate surface area is 102 Å². The van der Waals surface area contributed by atoms with Gasteiger partial charge in [-0.2, -0.15) is 0 Å². The Kier molecular flexibility index (Phi) is 5.01. The molecule has 0 spiro atoms. The smallest absolute Gasteiger partial charge is 0.310 e. The largest absolute Gasteiger partial charge is 0.497 e. The monoisotopic (exact) mass is 236 g/mol. The molecule has 1 unspecified atom stereocenters. The molecule has 0 aliphatic heterocycles. The van der Waals surface area contributed by atoms with Gasteiger partial charge in [0, 0.05) is 0 Å². The Morgan fingerprint density at radius 1 is 1.47 bits per heavy atom. The lowest BCUT2D eigenvalue weighted by atomic mass is 9.90. The van der Waals surface area contributed by atoms with Gasteiger partial charge in [-0.1, -0.05) is 25.8 Å². The van der Waals surface area contributed by atoms with E-state index in [1.54, 1.807) is 7.11 Å². The standard InChI is InChI=1S/C14H20O3/c1-4-5-6-13(14(15)16)12-8-7-11(17-3)9-10(12)2/h7-9,13H,4-6H2,1-3H3,(H,15,16). The Balaban J connectivity index is 2.97. The summed E-state index contributed by atoms with van der Waals surface area (Å²) in [4.78, 5) is 11.3. The number of unbranched alkanes of at least 4 members (excludes halogenated alkanes) is 1. The second-order valence-corrected chi connectivity index (χ2v) is 4.26. The number of hydrogen-bond acceptors (Lipinski definition) is 2. The number of methoxy groups -OCH3 is 1. The summed E-state index contributed by atoms with van der Waals surface area (Å²) in [6.07, 6.45) is 2.64. The first kappa shape index (κ1) is 13.6. The van der Waals surface area contributed by atoms with Gasteiger partial charge in [0.15, 0.2) is 0 Å². The number of carboxylic acid groups (broad SMARTS) is 1. The van der Waals surface area contributed by atoms with E-state index in [1.165, 1.54) is 0 Å². The van der Waals surface area contributed by atoms with Crippen molar-refractivity contribution in [2.75, 3.05) is 7.11 Å². The molecule has 0 aliphatic rings. The topological polar surface area (TPSA) is 46.5 Å². The Bertz CT molecular complexity index is 385. The van der Waals surface area contributed by atoms with Gasteiger partial charge in [-0.05, 0) is 36.6 Å². The lowest BCUT2D eigenvalue weighted by Gasteiger charge is -2.15. The molecular formula is C14H20O3. The van der Waals surface area contributed by atoms with Crippen LogP contribution < -0.4 is 4.74 Å².